The van der Waals surface area contributed by atoms with Crippen molar-refractivity contribution in [1.29, 1.82) is 0 Å². The number of nitrogens with zero attached hydrogens (tertiary/aromatic N) is 2. The molecule has 16 heavy (non-hydrogen) atoms. The Hall–Kier alpha value is -1.98. The van der Waals surface area contributed by atoms with E-state index in [9.17, 15) is 9.59 Å². The molecule has 6 nitrogen and oxygen atoms in total. The molecule has 0 aliphatic heterocycles. The first-order valence-electron chi connectivity index (χ1n) is 4.79. The SMILES string of the molecule is CC(C)(C)NC(=O)C(=O)Nc1ncccn1. The average Bonchev–Trinajstić information content (AvgIpc) is 2.16. The lowest BCUT2D eigenvalue weighted by molar-refractivity contribution is -0.137. The molecule has 6 heteroatoms. The molecule has 0 radical (unpaired) electrons. The summed E-state index contributed by atoms with van der Waals surface area (Å²) in [6.07, 6.45) is 2.95. The molecule has 86 valence electrons. The normalized spacial score (nSPS) is 10.7. The zero-order chi connectivity index (χ0) is 12.2. The van der Waals surface area contributed by atoms with Gasteiger partial charge >= 0.3 is 11.8 Å². The third-order valence-electron chi connectivity index (χ3n) is 1.49. The third-order valence-corrected chi connectivity index (χ3v) is 1.49. The van der Waals surface area contributed by atoms with E-state index in [0.29, 0.717) is 0 Å². The number of anilines is 1. The van der Waals surface area contributed by atoms with Gasteiger partial charge in [-0.25, -0.2) is 9.97 Å². The Morgan fingerprint density at radius 2 is 1.69 bits per heavy atom. The molecular formula is C10H14N4O2. The zero-order valence-corrected chi connectivity index (χ0v) is 9.44. The summed E-state index contributed by atoms with van der Waals surface area (Å²) in [5, 5.41) is 4.82. The Balaban J connectivity index is 2.57. The van der Waals surface area contributed by atoms with Gasteiger partial charge in [-0.05, 0) is 26.8 Å². The van der Waals surface area contributed by atoms with Crippen LogP contribution in [-0.2, 0) is 9.59 Å². The quantitative estimate of drug-likeness (QED) is 0.671. The number of nitrogens with one attached hydrogen (secondary N) is 2. The summed E-state index contributed by atoms with van der Waals surface area (Å²) in [5.74, 6) is -1.38. The van der Waals surface area contributed by atoms with E-state index < -0.39 is 17.4 Å². The maximum Gasteiger partial charge on any atom is 0.316 e. The first-order chi connectivity index (χ1) is 7.38. The molecule has 2 N–H and O–H groups in total. The van der Waals surface area contributed by atoms with Crippen LogP contribution in [0.3, 0.4) is 0 Å². The summed E-state index contributed by atoms with van der Waals surface area (Å²) in [7, 11) is 0. The van der Waals surface area contributed by atoms with Gasteiger partial charge in [0.25, 0.3) is 0 Å². The van der Waals surface area contributed by atoms with E-state index in [-0.39, 0.29) is 5.95 Å². The maximum atomic E-state index is 11.4. The van der Waals surface area contributed by atoms with E-state index in [1.54, 1.807) is 26.8 Å². The fourth-order valence-corrected chi connectivity index (χ4v) is 0.919. The molecule has 0 aromatic carbocycles. The topological polar surface area (TPSA) is 84.0 Å². The molecule has 2 amide bonds. The van der Waals surface area contributed by atoms with Crippen molar-refractivity contribution >= 4 is 17.8 Å². The molecule has 0 fully saturated rings. The Morgan fingerprint density at radius 3 is 2.19 bits per heavy atom. The van der Waals surface area contributed by atoms with Gasteiger partial charge in [0.15, 0.2) is 0 Å². The molecule has 1 heterocycles. The average molecular weight is 222 g/mol. The van der Waals surface area contributed by atoms with Crippen molar-refractivity contribution in [3.05, 3.63) is 18.5 Å². The van der Waals surface area contributed by atoms with Crippen molar-refractivity contribution in [2.24, 2.45) is 0 Å². The van der Waals surface area contributed by atoms with Crippen molar-refractivity contribution < 1.29 is 9.59 Å². The van der Waals surface area contributed by atoms with Crippen LogP contribution in [-0.4, -0.2) is 27.3 Å². The van der Waals surface area contributed by atoms with Gasteiger partial charge in [-0.2, -0.15) is 0 Å². The monoisotopic (exact) mass is 222 g/mol. The first-order valence-corrected chi connectivity index (χ1v) is 4.79. The third kappa shape index (κ3) is 4.04. The lowest BCUT2D eigenvalue weighted by Crippen LogP contribution is -2.46. The van der Waals surface area contributed by atoms with Gasteiger partial charge in [0, 0.05) is 17.9 Å². The number of aromatic nitrogens is 2. The largest absolute Gasteiger partial charge is 0.343 e. The lowest BCUT2D eigenvalue weighted by Gasteiger charge is -2.19. The summed E-state index contributed by atoms with van der Waals surface area (Å²) >= 11 is 0. The van der Waals surface area contributed by atoms with Crippen LogP contribution in [0.1, 0.15) is 20.8 Å². The van der Waals surface area contributed by atoms with Gasteiger partial charge in [0.1, 0.15) is 0 Å². The highest BCUT2D eigenvalue weighted by Gasteiger charge is 2.20. The summed E-state index contributed by atoms with van der Waals surface area (Å²) < 4.78 is 0. The molecule has 0 aliphatic rings. The van der Waals surface area contributed by atoms with Gasteiger partial charge in [0.2, 0.25) is 5.95 Å². The van der Waals surface area contributed by atoms with Crippen LogP contribution in [0.2, 0.25) is 0 Å². The maximum absolute atomic E-state index is 11.4. The van der Waals surface area contributed by atoms with Crippen LogP contribution >= 0.6 is 0 Å². The van der Waals surface area contributed by atoms with Crippen molar-refractivity contribution in [3.8, 4) is 0 Å². The Morgan fingerprint density at radius 1 is 1.12 bits per heavy atom. The standard InChI is InChI=1S/C10H14N4O2/c1-10(2,3)14-8(16)7(15)13-9-11-5-4-6-12-9/h4-6H,1-3H3,(H,14,16)(H,11,12,13,15). The molecular weight excluding hydrogens is 208 g/mol. The molecule has 1 aromatic rings. The molecule has 0 saturated heterocycles. The van der Waals surface area contributed by atoms with E-state index in [1.165, 1.54) is 12.4 Å². The predicted octanol–water partition coefficient (Wildman–Crippen LogP) is 0.330. The second kappa shape index (κ2) is 4.69. The van der Waals surface area contributed by atoms with Crippen molar-refractivity contribution in [2.75, 3.05) is 5.32 Å². The Bertz CT molecular complexity index is 384. The lowest BCUT2D eigenvalue weighted by atomic mass is 10.1. The van der Waals surface area contributed by atoms with Gasteiger partial charge in [0.05, 0.1) is 0 Å². The minimum Gasteiger partial charge on any atom is -0.343 e. The molecule has 0 bridgehead atoms. The van der Waals surface area contributed by atoms with Crippen LogP contribution in [0.5, 0.6) is 0 Å². The van der Waals surface area contributed by atoms with E-state index in [0.717, 1.165) is 0 Å². The van der Waals surface area contributed by atoms with Crippen LogP contribution < -0.4 is 10.6 Å². The van der Waals surface area contributed by atoms with Gasteiger partial charge in [-0.15, -0.1) is 0 Å². The Labute approximate surface area is 93.5 Å². The molecule has 0 unspecified atom stereocenters. The van der Waals surface area contributed by atoms with Crippen LogP contribution in [0.25, 0.3) is 0 Å². The van der Waals surface area contributed by atoms with Gasteiger partial charge in [-0.3, -0.25) is 14.9 Å². The van der Waals surface area contributed by atoms with E-state index >= 15 is 0 Å². The highest BCUT2D eigenvalue weighted by atomic mass is 16.2. The van der Waals surface area contributed by atoms with E-state index in [2.05, 4.69) is 20.6 Å². The minimum absolute atomic E-state index is 0.108. The smallest absolute Gasteiger partial charge is 0.316 e. The fraction of sp³-hybridized carbons (Fsp3) is 0.400. The summed E-state index contributed by atoms with van der Waals surface area (Å²) in [4.78, 5) is 30.3. The minimum atomic E-state index is -0.777. The summed E-state index contributed by atoms with van der Waals surface area (Å²) in [5.41, 5.74) is -0.452. The molecule has 0 atom stereocenters. The highest BCUT2D eigenvalue weighted by molar-refractivity contribution is 6.39. The van der Waals surface area contributed by atoms with E-state index in [1.807, 2.05) is 0 Å². The second-order valence-electron chi connectivity index (χ2n) is 4.23. The summed E-state index contributed by atoms with van der Waals surface area (Å²) in [6, 6.07) is 1.62. The number of carbonyl (C=O) groups excluding carboxylic acids is 2. The van der Waals surface area contributed by atoms with Gasteiger partial charge < -0.3 is 5.32 Å². The molecule has 0 spiro atoms. The van der Waals surface area contributed by atoms with Crippen molar-refractivity contribution in [2.45, 2.75) is 26.3 Å². The Kier molecular flexibility index (Phi) is 3.55. The molecule has 0 saturated carbocycles. The van der Waals surface area contributed by atoms with Gasteiger partial charge in [-0.1, -0.05) is 0 Å². The van der Waals surface area contributed by atoms with Crippen LogP contribution in [0, 0.1) is 0 Å². The number of amides is 2. The first kappa shape index (κ1) is 12.1. The van der Waals surface area contributed by atoms with Crippen molar-refractivity contribution in [1.82, 2.24) is 15.3 Å². The fourth-order valence-electron chi connectivity index (χ4n) is 0.919. The number of hydrogen-bond acceptors (Lipinski definition) is 4. The van der Waals surface area contributed by atoms with E-state index in [4.69, 9.17) is 0 Å². The number of rotatable bonds is 1. The molecule has 1 aromatic heterocycles. The van der Waals surface area contributed by atoms with Crippen LogP contribution in [0.15, 0.2) is 18.5 Å². The second-order valence-corrected chi connectivity index (χ2v) is 4.23. The highest BCUT2D eigenvalue weighted by Crippen LogP contribution is 1.99. The number of hydrogen-bond donors (Lipinski definition) is 2. The summed E-state index contributed by atoms with van der Waals surface area (Å²) in [6.45, 7) is 5.37. The molecule has 0 aliphatic carbocycles. The van der Waals surface area contributed by atoms with Crippen molar-refractivity contribution in [3.63, 3.8) is 0 Å². The zero-order valence-electron chi connectivity index (χ0n) is 9.44. The predicted molar refractivity (Wildman–Crippen MR) is 58.6 cm³/mol. The number of carbonyl (C=O) groups is 2. The molecule has 1 rings (SSSR count). The van der Waals surface area contributed by atoms with Crippen LogP contribution in [0.4, 0.5) is 5.95 Å².